The van der Waals surface area contributed by atoms with Crippen molar-refractivity contribution in [1.29, 1.82) is 0 Å². The first kappa shape index (κ1) is 10.8. The van der Waals surface area contributed by atoms with Gasteiger partial charge in [-0.3, -0.25) is 20.2 Å². The average molecular weight is 214 g/mol. The zero-order chi connectivity index (χ0) is 11.6. The van der Waals surface area contributed by atoms with E-state index in [-0.39, 0.29) is 0 Å². The highest BCUT2D eigenvalue weighted by Gasteiger charge is 2.63. The molecule has 0 saturated heterocycles. The molecule has 0 aliphatic heterocycles. The third-order valence-electron chi connectivity index (χ3n) is 2.08. The minimum absolute atomic E-state index is 0.711. The first-order chi connectivity index (χ1) is 6.93. The predicted molar refractivity (Wildman–Crippen MR) is 46.4 cm³/mol. The van der Waals surface area contributed by atoms with Crippen LogP contribution in [0.3, 0.4) is 0 Å². The summed E-state index contributed by atoms with van der Waals surface area (Å²) in [6.07, 6.45) is 3.91. The predicted octanol–water partition coefficient (Wildman–Crippen LogP) is -0.142. The Morgan fingerprint density at radius 1 is 1.33 bits per heavy atom. The number of aliphatic carboxylic acids is 1. The van der Waals surface area contributed by atoms with E-state index in [1.165, 1.54) is 6.08 Å². The molecule has 0 heterocycles. The summed E-state index contributed by atoms with van der Waals surface area (Å²) in [6.45, 7) is 0. The molecule has 1 rings (SSSR count). The van der Waals surface area contributed by atoms with Crippen LogP contribution in [-0.2, 0) is 4.79 Å². The van der Waals surface area contributed by atoms with Gasteiger partial charge in [0.2, 0.25) is 0 Å². The monoisotopic (exact) mass is 214 g/mol. The molecule has 0 aromatic heterocycles. The van der Waals surface area contributed by atoms with Crippen LogP contribution in [0.5, 0.6) is 0 Å². The van der Waals surface area contributed by atoms with E-state index in [1.54, 1.807) is 0 Å². The van der Waals surface area contributed by atoms with Crippen molar-refractivity contribution in [2.45, 2.75) is 11.6 Å². The Hall–Kier alpha value is -2.25. The van der Waals surface area contributed by atoms with Crippen molar-refractivity contribution in [2.24, 2.45) is 0 Å². The molecule has 1 aliphatic carbocycles. The van der Waals surface area contributed by atoms with Crippen LogP contribution < -0.4 is 0 Å². The quantitative estimate of drug-likeness (QED) is 0.514. The topological polar surface area (TPSA) is 124 Å². The number of allylic oxidation sites excluding steroid dienone is 2. The third kappa shape index (κ3) is 1.45. The van der Waals surface area contributed by atoms with Crippen LogP contribution in [0.15, 0.2) is 24.3 Å². The van der Waals surface area contributed by atoms with Crippen LogP contribution in [-0.4, -0.2) is 32.5 Å². The van der Waals surface area contributed by atoms with E-state index in [0.29, 0.717) is 6.08 Å². The zero-order valence-corrected chi connectivity index (χ0v) is 7.27. The van der Waals surface area contributed by atoms with Gasteiger partial charge in [0.05, 0.1) is 4.92 Å². The van der Waals surface area contributed by atoms with Crippen molar-refractivity contribution < 1.29 is 19.7 Å². The second-order valence-corrected chi connectivity index (χ2v) is 2.86. The fourth-order valence-corrected chi connectivity index (χ4v) is 1.29. The number of hydrogen-bond donors (Lipinski definition) is 1. The van der Waals surface area contributed by atoms with E-state index >= 15 is 0 Å². The molecule has 1 N–H and O–H groups in total. The number of carboxylic acid groups (broad SMARTS) is 1. The van der Waals surface area contributed by atoms with E-state index in [2.05, 4.69) is 0 Å². The van der Waals surface area contributed by atoms with Gasteiger partial charge in [-0.2, -0.15) is 0 Å². The fourth-order valence-electron chi connectivity index (χ4n) is 1.29. The maximum Gasteiger partial charge on any atom is 0.403 e. The van der Waals surface area contributed by atoms with Gasteiger partial charge < -0.3 is 5.11 Å². The first-order valence-corrected chi connectivity index (χ1v) is 3.80. The van der Waals surface area contributed by atoms with Gasteiger partial charge in [-0.25, -0.2) is 4.79 Å². The minimum atomic E-state index is -2.71. The van der Waals surface area contributed by atoms with Gasteiger partial charge in [0.15, 0.2) is 0 Å². The number of nitro groups is 2. The van der Waals surface area contributed by atoms with Crippen molar-refractivity contribution in [2.75, 3.05) is 0 Å². The average Bonchev–Trinajstić information content (AvgIpc) is 2.16. The normalized spacial score (nSPS) is 28.7. The van der Waals surface area contributed by atoms with Crippen molar-refractivity contribution in [1.82, 2.24) is 0 Å². The number of nitrogens with zero attached hydrogens (tertiary/aromatic N) is 2. The summed E-state index contributed by atoms with van der Waals surface area (Å²) in [4.78, 5) is 29.8. The highest BCUT2D eigenvalue weighted by atomic mass is 16.7. The molecule has 0 fully saturated rings. The molecule has 0 amide bonds. The number of carboxylic acids is 1. The van der Waals surface area contributed by atoms with E-state index in [9.17, 15) is 25.0 Å². The molecule has 0 aromatic carbocycles. The summed E-state index contributed by atoms with van der Waals surface area (Å²) < 4.78 is 0. The summed E-state index contributed by atoms with van der Waals surface area (Å²) in [5.41, 5.74) is -2.71. The van der Waals surface area contributed by atoms with E-state index in [1.807, 2.05) is 0 Å². The number of rotatable bonds is 3. The maximum absolute atomic E-state index is 10.8. The summed E-state index contributed by atoms with van der Waals surface area (Å²) >= 11 is 0. The third-order valence-corrected chi connectivity index (χ3v) is 2.08. The Balaban J connectivity index is 3.32. The van der Waals surface area contributed by atoms with Gasteiger partial charge in [0, 0.05) is 11.0 Å². The van der Waals surface area contributed by atoms with Gasteiger partial charge >= 0.3 is 17.6 Å². The van der Waals surface area contributed by atoms with Crippen LogP contribution in [0, 0.1) is 20.2 Å². The summed E-state index contributed by atoms with van der Waals surface area (Å²) in [6, 6.07) is -1.89. The Morgan fingerprint density at radius 2 is 1.93 bits per heavy atom. The van der Waals surface area contributed by atoms with E-state index in [0.717, 1.165) is 12.2 Å². The van der Waals surface area contributed by atoms with Crippen molar-refractivity contribution in [3.05, 3.63) is 44.5 Å². The standard InChI is InChI=1S/C7H6N2O6/c10-6(11)7(9(14)15)4-2-1-3-5(7)8(12)13/h1-5H,(H,10,11). The van der Waals surface area contributed by atoms with Crippen LogP contribution in [0.25, 0.3) is 0 Å². The Kier molecular flexibility index (Phi) is 2.51. The van der Waals surface area contributed by atoms with Crippen molar-refractivity contribution >= 4 is 5.97 Å². The molecule has 8 nitrogen and oxygen atoms in total. The fraction of sp³-hybridized carbons (Fsp3) is 0.286. The molecular weight excluding hydrogens is 208 g/mol. The lowest BCUT2D eigenvalue weighted by atomic mass is 9.87. The number of hydrogen-bond acceptors (Lipinski definition) is 5. The molecule has 1 aliphatic rings. The maximum atomic E-state index is 10.8. The molecule has 15 heavy (non-hydrogen) atoms. The molecule has 80 valence electrons. The van der Waals surface area contributed by atoms with Gasteiger partial charge in [-0.1, -0.05) is 12.2 Å². The van der Waals surface area contributed by atoms with Crippen LogP contribution in [0.2, 0.25) is 0 Å². The molecule has 8 heteroatoms. The Bertz CT molecular complexity index is 371. The highest BCUT2D eigenvalue weighted by Crippen LogP contribution is 2.24. The summed E-state index contributed by atoms with van der Waals surface area (Å²) in [5, 5.41) is 29.9. The lowest BCUT2D eigenvalue weighted by molar-refractivity contribution is -0.622. The Morgan fingerprint density at radius 3 is 2.27 bits per heavy atom. The van der Waals surface area contributed by atoms with Gasteiger partial charge in [0.25, 0.3) is 0 Å². The molecule has 0 radical (unpaired) electrons. The van der Waals surface area contributed by atoms with E-state index in [4.69, 9.17) is 5.11 Å². The van der Waals surface area contributed by atoms with Gasteiger partial charge in [-0.15, -0.1) is 0 Å². The van der Waals surface area contributed by atoms with E-state index < -0.39 is 27.4 Å². The lowest BCUT2D eigenvalue weighted by Crippen LogP contribution is -2.57. The molecular formula is C7H6N2O6. The summed E-state index contributed by atoms with van der Waals surface area (Å²) in [7, 11) is 0. The van der Waals surface area contributed by atoms with Crippen LogP contribution in [0.1, 0.15) is 0 Å². The van der Waals surface area contributed by atoms with Crippen molar-refractivity contribution in [3.63, 3.8) is 0 Å². The molecule has 2 atom stereocenters. The Labute approximate surface area is 82.8 Å². The highest BCUT2D eigenvalue weighted by molar-refractivity contribution is 5.81. The van der Waals surface area contributed by atoms with Crippen LogP contribution in [0.4, 0.5) is 0 Å². The zero-order valence-electron chi connectivity index (χ0n) is 7.27. The SMILES string of the molecule is O=C(O)C1([N+](=O)[O-])C=CC=CC1[N+](=O)[O-]. The lowest BCUT2D eigenvalue weighted by Gasteiger charge is -2.20. The summed E-state index contributed by atoms with van der Waals surface area (Å²) in [5.74, 6) is -1.85. The minimum Gasteiger partial charge on any atom is -0.475 e. The van der Waals surface area contributed by atoms with Crippen LogP contribution >= 0.6 is 0 Å². The molecule has 0 spiro atoms. The second-order valence-electron chi connectivity index (χ2n) is 2.86. The smallest absolute Gasteiger partial charge is 0.403 e. The first-order valence-electron chi connectivity index (χ1n) is 3.80. The van der Waals surface area contributed by atoms with Crippen molar-refractivity contribution in [3.8, 4) is 0 Å². The number of carbonyl (C=O) groups is 1. The molecule has 0 bridgehead atoms. The van der Waals surface area contributed by atoms with Gasteiger partial charge in [0.1, 0.15) is 0 Å². The molecule has 2 unspecified atom stereocenters. The molecule has 0 aromatic rings. The largest absolute Gasteiger partial charge is 0.475 e. The van der Waals surface area contributed by atoms with Gasteiger partial charge in [-0.05, 0) is 6.08 Å². The molecule has 0 saturated carbocycles. The second kappa shape index (κ2) is 3.48.